The average Bonchev–Trinajstić information content (AvgIpc) is 2.51. The number of aromatic nitrogens is 2. The van der Waals surface area contributed by atoms with Gasteiger partial charge in [0.15, 0.2) is 0 Å². The molecular weight excluding hydrogens is 229 g/mol. The molecule has 5 heteroatoms. The summed E-state index contributed by atoms with van der Waals surface area (Å²) in [6.07, 6.45) is 0. The molecule has 0 amide bonds. The second kappa shape index (κ2) is 4.14. The van der Waals surface area contributed by atoms with Crippen molar-refractivity contribution in [3.05, 3.63) is 46.4 Å². The summed E-state index contributed by atoms with van der Waals surface area (Å²) in [5, 5.41) is 4.31. The summed E-state index contributed by atoms with van der Waals surface area (Å²) >= 11 is 5.60. The van der Waals surface area contributed by atoms with Crippen LogP contribution in [0, 0.1) is 12.7 Å². The Bertz CT molecular complexity index is 522. The average molecular weight is 240 g/mol. The van der Waals surface area contributed by atoms with Gasteiger partial charge in [0, 0.05) is 6.07 Å². The largest absolute Gasteiger partial charge is 0.384 e. The van der Waals surface area contributed by atoms with E-state index in [4.69, 9.17) is 17.3 Å². The van der Waals surface area contributed by atoms with E-state index in [-0.39, 0.29) is 5.02 Å². The highest BCUT2D eigenvalue weighted by atomic mass is 35.5. The van der Waals surface area contributed by atoms with Gasteiger partial charge in [-0.15, -0.1) is 0 Å². The highest BCUT2D eigenvalue weighted by Gasteiger charge is 2.05. The number of benzene rings is 1. The molecule has 0 unspecified atom stereocenters. The molecule has 0 fully saturated rings. The predicted molar refractivity (Wildman–Crippen MR) is 61.9 cm³/mol. The summed E-state index contributed by atoms with van der Waals surface area (Å²) in [5.41, 5.74) is 7.35. The van der Waals surface area contributed by atoms with Gasteiger partial charge in [0.25, 0.3) is 0 Å². The summed E-state index contributed by atoms with van der Waals surface area (Å²) in [7, 11) is 0. The first kappa shape index (κ1) is 11.0. The van der Waals surface area contributed by atoms with Crippen LogP contribution >= 0.6 is 11.6 Å². The number of rotatable bonds is 2. The van der Waals surface area contributed by atoms with Gasteiger partial charge in [0.05, 0.1) is 17.3 Å². The first-order valence-electron chi connectivity index (χ1n) is 4.80. The Hall–Kier alpha value is -1.55. The van der Waals surface area contributed by atoms with Gasteiger partial charge in [-0.25, -0.2) is 9.07 Å². The molecule has 2 aromatic rings. The third-order valence-corrected chi connectivity index (χ3v) is 2.56. The standard InChI is InChI=1S/C11H11ClFN3/c1-7-4-11(14)16(15-7)6-8-2-3-9(12)10(13)5-8/h2-5H,6,14H2,1H3. The van der Waals surface area contributed by atoms with Gasteiger partial charge in [-0.2, -0.15) is 5.10 Å². The quantitative estimate of drug-likeness (QED) is 0.876. The molecule has 3 nitrogen and oxygen atoms in total. The van der Waals surface area contributed by atoms with E-state index in [0.29, 0.717) is 12.4 Å². The lowest BCUT2D eigenvalue weighted by molar-refractivity contribution is 0.620. The van der Waals surface area contributed by atoms with E-state index in [0.717, 1.165) is 11.3 Å². The zero-order valence-corrected chi connectivity index (χ0v) is 9.50. The van der Waals surface area contributed by atoms with E-state index in [2.05, 4.69) is 5.10 Å². The van der Waals surface area contributed by atoms with Crippen molar-refractivity contribution in [2.24, 2.45) is 0 Å². The van der Waals surface area contributed by atoms with Crippen LogP contribution in [0.3, 0.4) is 0 Å². The van der Waals surface area contributed by atoms with E-state index >= 15 is 0 Å². The maximum absolute atomic E-state index is 13.2. The van der Waals surface area contributed by atoms with Crippen LogP contribution in [-0.4, -0.2) is 9.78 Å². The number of halogens is 2. The van der Waals surface area contributed by atoms with Crippen LogP contribution in [0.1, 0.15) is 11.3 Å². The maximum atomic E-state index is 13.2. The molecule has 16 heavy (non-hydrogen) atoms. The first-order chi connectivity index (χ1) is 7.56. The van der Waals surface area contributed by atoms with Crippen molar-refractivity contribution in [3.8, 4) is 0 Å². The van der Waals surface area contributed by atoms with Gasteiger partial charge in [-0.05, 0) is 24.6 Å². The normalized spacial score (nSPS) is 10.7. The second-order valence-electron chi connectivity index (χ2n) is 3.62. The fourth-order valence-corrected chi connectivity index (χ4v) is 1.62. The molecule has 0 aliphatic heterocycles. The minimum atomic E-state index is -0.429. The molecule has 0 radical (unpaired) electrons. The van der Waals surface area contributed by atoms with E-state index < -0.39 is 5.82 Å². The van der Waals surface area contributed by atoms with E-state index in [1.54, 1.807) is 16.8 Å². The molecule has 2 N–H and O–H groups in total. The van der Waals surface area contributed by atoms with Crippen molar-refractivity contribution in [2.45, 2.75) is 13.5 Å². The topological polar surface area (TPSA) is 43.8 Å². The van der Waals surface area contributed by atoms with Gasteiger partial charge in [-0.1, -0.05) is 17.7 Å². The van der Waals surface area contributed by atoms with Gasteiger partial charge in [-0.3, -0.25) is 0 Å². The monoisotopic (exact) mass is 239 g/mol. The molecule has 0 atom stereocenters. The fraction of sp³-hybridized carbons (Fsp3) is 0.182. The number of anilines is 1. The maximum Gasteiger partial charge on any atom is 0.142 e. The van der Waals surface area contributed by atoms with Crippen LogP contribution in [0.4, 0.5) is 10.2 Å². The number of nitrogens with zero attached hydrogens (tertiary/aromatic N) is 2. The Morgan fingerprint density at radius 1 is 1.44 bits per heavy atom. The Morgan fingerprint density at radius 2 is 2.19 bits per heavy atom. The lowest BCUT2D eigenvalue weighted by Crippen LogP contribution is -2.06. The lowest BCUT2D eigenvalue weighted by atomic mass is 10.2. The number of hydrogen-bond acceptors (Lipinski definition) is 2. The van der Waals surface area contributed by atoms with Gasteiger partial charge < -0.3 is 5.73 Å². The Kier molecular flexibility index (Phi) is 2.83. The molecule has 0 saturated heterocycles. The minimum Gasteiger partial charge on any atom is -0.384 e. The number of hydrogen-bond donors (Lipinski definition) is 1. The number of aryl methyl sites for hydroxylation is 1. The molecule has 2 rings (SSSR count). The molecule has 1 aromatic heterocycles. The van der Waals surface area contributed by atoms with Crippen LogP contribution in [0.15, 0.2) is 24.3 Å². The van der Waals surface area contributed by atoms with Crippen molar-refractivity contribution < 1.29 is 4.39 Å². The van der Waals surface area contributed by atoms with Crippen LogP contribution in [-0.2, 0) is 6.54 Å². The Labute approximate surface area is 97.6 Å². The van der Waals surface area contributed by atoms with Crippen LogP contribution in [0.2, 0.25) is 5.02 Å². The van der Waals surface area contributed by atoms with Gasteiger partial charge in [0.1, 0.15) is 11.6 Å². The summed E-state index contributed by atoms with van der Waals surface area (Å²) in [5.74, 6) is 0.134. The molecule has 0 bridgehead atoms. The van der Waals surface area contributed by atoms with Gasteiger partial charge >= 0.3 is 0 Å². The van der Waals surface area contributed by atoms with Crippen molar-refractivity contribution in [1.29, 1.82) is 0 Å². The van der Waals surface area contributed by atoms with Crippen LogP contribution < -0.4 is 5.73 Å². The smallest absolute Gasteiger partial charge is 0.142 e. The molecule has 0 saturated carbocycles. The molecule has 0 aliphatic rings. The molecule has 0 aliphatic carbocycles. The summed E-state index contributed by atoms with van der Waals surface area (Å²) in [4.78, 5) is 0. The molecular formula is C11H11ClFN3. The van der Waals surface area contributed by atoms with Crippen LogP contribution in [0.25, 0.3) is 0 Å². The summed E-state index contributed by atoms with van der Waals surface area (Å²) in [6, 6.07) is 6.44. The van der Waals surface area contributed by atoms with E-state index in [1.165, 1.54) is 12.1 Å². The lowest BCUT2D eigenvalue weighted by Gasteiger charge is -2.04. The first-order valence-corrected chi connectivity index (χ1v) is 5.18. The third kappa shape index (κ3) is 2.17. The molecule has 1 heterocycles. The Balaban J connectivity index is 2.27. The van der Waals surface area contributed by atoms with Gasteiger partial charge in [0.2, 0.25) is 0 Å². The molecule has 1 aromatic carbocycles. The van der Waals surface area contributed by atoms with Crippen molar-refractivity contribution >= 4 is 17.4 Å². The van der Waals surface area contributed by atoms with E-state index in [9.17, 15) is 4.39 Å². The van der Waals surface area contributed by atoms with Crippen LogP contribution in [0.5, 0.6) is 0 Å². The summed E-state index contributed by atoms with van der Waals surface area (Å²) in [6.45, 7) is 2.29. The fourth-order valence-electron chi connectivity index (χ4n) is 1.50. The Morgan fingerprint density at radius 3 is 2.75 bits per heavy atom. The zero-order valence-electron chi connectivity index (χ0n) is 8.74. The minimum absolute atomic E-state index is 0.119. The second-order valence-corrected chi connectivity index (χ2v) is 4.02. The molecule has 0 spiro atoms. The van der Waals surface area contributed by atoms with Crippen molar-refractivity contribution in [1.82, 2.24) is 9.78 Å². The molecule has 84 valence electrons. The third-order valence-electron chi connectivity index (χ3n) is 2.25. The zero-order chi connectivity index (χ0) is 11.7. The highest BCUT2D eigenvalue weighted by molar-refractivity contribution is 6.30. The number of nitrogen functional groups attached to an aromatic ring is 1. The van der Waals surface area contributed by atoms with Crippen molar-refractivity contribution in [2.75, 3.05) is 5.73 Å². The van der Waals surface area contributed by atoms with E-state index in [1.807, 2.05) is 6.92 Å². The predicted octanol–water partition coefficient (Wildman–Crippen LogP) is 2.61. The highest BCUT2D eigenvalue weighted by Crippen LogP contribution is 2.17. The summed E-state index contributed by atoms with van der Waals surface area (Å²) < 4.78 is 14.8. The van der Waals surface area contributed by atoms with Crippen molar-refractivity contribution in [3.63, 3.8) is 0 Å². The SMILES string of the molecule is Cc1cc(N)n(Cc2ccc(Cl)c(F)c2)n1. The number of nitrogens with two attached hydrogens (primary N) is 1.